The second-order valence-electron chi connectivity index (χ2n) is 4.34. The van der Waals surface area contributed by atoms with E-state index in [1.54, 1.807) is 6.20 Å². The fourth-order valence-electron chi connectivity index (χ4n) is 2.09. The highest BCUT2D eigenvalue weighted by atomic mass is 35.5. The van der Waals surface area contributed by atoms with Crippen molar-refractivity contribution in [3.8, 4) is 0 Å². The van der Waals surface area contributed by atoms with Gasteiger partial charge in [0.1, 0.15) is 0 Å². The van der Waals surface area contributed by atoms with E-state index in [1.165, 1.54) is 0 Å². The van der Waals surface area contributed by atoms with Gasteiger partial charge in [0.05, 0.1) is 0 Å². The van der Waals surface area contributed by atoms with Gasteiger partial charge in [-0.3, -0.25) is 16.0 Å². The number of benzene rings is 1. The van der Waals surface area contributed by atoms with Crippen LogP contribution in [0.3, 0.4) is 0 Å². The van der Waals surface area contributed by atoms with Crippen molar-refractivity contribution in [3.05, 3.63) is 51.8 Å². The van der Waals surface area contributed by atoms with Crippen LogP contribution in [0.25, 0.3) is 0 Å². The lowest BCUT2D eigenvalue weighted by atomic mass is 10.0. The molecular weight excluding hydrogens is 283 g/mol. The zero-order chi connectivity index (χ0) is 13.8. The average Bonchev–Trinajstić information content (AvgIpc) is 2.78. The standard InChI is InChI=1S/C13H16Cl2N4/c1-19-9(7-8-17-19)5-6-12(18-16)13-10(14)3-2-4-11(13)15/h2-4,7-8,12,18H,5-6,16H2,1H3. The molecule has 2 aromatic rings. The minimum absolute atomic E-state index is 0.0869. The molecule has 102 valence electrons. The fraction of sp³-hybridized carbons (Fsp3) is 0.308. The molecule has 0 fully saturated rings. The van der Waals surface area contributed by atoms with Crippen molar-refractivity contribution in [2.75, 3.05) is 0 Å². The Bertz CT molecular complexity index is 533. The summed E-state index contributed by atoms with van der Waals surface area (Å²) in [5, 5.41) is 5.39. The molecule has 1 atom stereocenters. The molecule has 6 heteroatoms. The summed E-state index contributed by atoms with van der Waals surface area (Å²) in [5.41, 5.74) is 4.77. The van der Waals surface area contributed by atoms with Gasteiger partial charge in [0.2, 0.25) is 0 Å². The lowest BCUT2D eigenvalue weighted by molar-refractivity contribution is 0.507. The molecule has 1 aromatic heterocycles. The maximum Gasteiger partial charge on any atom is 0.0493 e. The van der Waals surface area contributed by atoms with Crippen LogP contribution in [0, 0.1) is 0 Å². The summed E-state index contributed by atoms with van der Waals surface area (Å²) in [4.78, 5) is 0. The number of halogens is 2. The van der Waals surface area contributed by atoms with Crippen LogP contribution in [0.15, 0.2) is 30.5 Å². The number of aryl methyl sites for hydroxylation is 2. The molecular formula is C13H16Cl2N4. The van der Waals surface area contributed by atoms with E-state index in [1.807, 2.05) is 36.0 Å². The Morgan fingerprint density at radius 2 is 2.00 bits per heavy atom. The Labute approximate surface area is 122 Å². The number of aromatic nitrogens is 2. The number of nitrogens with two attached hydrogens (primary N) is 1. The monoisotopic (exact) mass is 298 g/mol. The number of hydrogen-bond acceptors (Lipinski definition) is 3. The molecule has 0 radical (unpaired) electrons. The van der Waals surface area contributed by atoms with Gasteiger partial charge in [-0.05, 0) is 31.0 Å². The molecule has 0 amide bonds. The molecule has 0 saturated heterocycles. The molecule has 0 aliphatic carbocycles. The van der Waals surface area contributed by atoms with E-state index < -0.39 is 0 Å². The Hall–Kier alpha value is -1.07. The highest BCUT2D eigenvalue weighted by Gasteiger charge is 2.17. The van der Waals surface area contributed by atoms with Crippen LogP contribution in [0.5, 0.6) is 0 Å². The van der Waals surface area contributed by atoms with Crippen LogP contribution in [-0.4, -0.2) is 9.78 Å². The molecule has 4 nitrogen and oxygen atoms in total. The molecule has 0 bridgehead atoms. The topological polar surface area (TPSA) is 55.9 Å². The second kappa shape index (κ2) is 6.39. The average molecular weight is 299 g/mol. The first-order valence-electron chi connectivity index (χ1n) is 6.00. The van der Waals surface area contributed by atoms with Crippen molar-refractivity contribution in [2.45, 2.75) is 18.9 Å². The van der Waals surface area contributed by atoms with Crippen LogP contribution < -0.4 is 11.3 Å². The van der Waals surface area contributed by atoms with E-state index in [-0.39, 0.29) is 6.04 Å². The van der Waals surface area contributed by atoms with Crippen LogP contribution in [0.4, 0.5) is 0 Å². The SMILES string of the molecule is Cn1nccc1CCC(NN)c1c(Cl)cccc1Cl. The number of nitrogens with one attached hydrogen (secondary N) is 1. The van der Waals surface area contributed by atoms with E-state index in [0.717, 1.165) is 24.1 Å². The van der Waals surface area contributed by atoms with E-state index in [2.05, 4.69) is 10.5 Å². The normalized spacial score (nSPS) is 12.6. The number of hydrogen-bond donors (Lipinski definition) is 2. The minimum Gasteiger partial charge on any atom is -0.273 e. The predicted octanol–water partition coefficient (Wildman–Crippen LogP) is 2.86. The van der Waals surface area contributed by atoms with E-state index >= 15 is 0 Å². The molecule has 2 rings (SSSR count). The Kier molecular flexibility index (Phi) is 4.82. The number of rotatable bonds is 5. The van der Waals surface area contributed by atoms with Crippen LogP contribution in [0.1, 0.15) is 23.7 Å². The van der Waals surface area contributed by atoms with Crippen molar-refractivity contribution in [3.63, 3.8) is 0 Å². The Balaban J connectivity index is 2.15. The van der Waals surface area contributed by atoms with E-state index in [9.17, 15) is 0 Å². The number of hydrazine groups is 1. The predicted molar refractivity (Wildman–Crippen MR) is 78.1 cm³/mol. The molecule has 19 heavy (non-hydrogen) atoms. The Morgan fingerprint density at radius 1 is 1.32 bits per heavy atom. The van der Waals surface area contributed by atoms with Crippen LogP contribution in [0.2, 0.25) is 10.0 Å². The summed E-state index contributed by atoms with van der Waals surface area (Å²) in [6, 6.07) is 7.36. The second-order valence-corrected chi connectivity index (χ2v) is 5.15. The molecule has 1 heterocycles. The van der Waals surface area contributed by atoms with E-state index in [4.69, 9.17) is 29.0 Å². The van der Waals surface area contributed by atoms with Crippen molar-refractivity contribution < 1.29 is 0 Å². The summed E-state index contributed by atoms with van der Waals surface area (Å²) >= 11 is 12.4. The lowest BCUT2D eigenvalue weighted by Crippen LogP contribution is -2.29. The van der Waals surface area contributed by atoms with Gasteiger partial charge in [0.25, 0.3) is 0 Å². The van der Waals surface area contributed by atoms with Crippen LogP contribution in [-0.2, 0) is 13.5 Å². The van der Waals surface area contributed by atoms with Gasteiger partial charge in [0.15, 0.2) is 0 Å². The van der Waals surface area contributed by atoms with Gasteiger partial charge in [-0.15, -0.1) is 0 Å². The lowest BCUT2D eigenvalue weighted by Gasteiger charge is -2.19. The smallest absolute Gasteiger partial charge is 0.0493 e. The van der Waals surface area contributed by atoms with Crippen molar-refractivity contribution >= 4 is 23.2 Å². The maximum absolute atomic E-state index is 6.20. The first-order valence-corrected chi connectivity index (χ1v) is 6.76. The molecule has 0 spiro atoms. The maximum atomic E-state index is 6.20. The third kappa shape index (κ3) is 3.28. The third-order valence-electron chi connectivity index (χ3n) is 3.16. The molecule has 3 N–H and O–H groups in total. The molecule has 1 unspecified atom stereocenters. The third-order valence-corrected chi connectivity index (χ3v) is 3.82. The highest BCUT2D eigenvalue weighted by molar-refractivity contribution is 6.36. The van der Waals surface area contributed by atoms with Gasteiger partial charge < -0.3 is 0 Å². The van der Waals surface area contributed by atoms with Crippen molar-refractivity contribution in [1.29, 1.82) is 0 Å². The quantitative estimate of drug-likeness (QED) is 0.659. The summed E-state index contributed by atoms with van der Waals surface area (Å²) in [5.74, 6) is 5.63. The summed E-state index contributed by atoms with van der Waals surface area (Å²) < 4.78 is 1.85. The van der Waals surface area contributed by atoms with Gasteiger partial charge >= 0.3 is 0 Å². The van der Waals surface area contributed by atoms with Crippen molar-refractivity contribution in [1.82, 2.24) is 15.2 Å². The first-order chi connectivity index (χ1) is 9.13. The van der Waals surface area contributed by atoms with Crippen LogP contribution >= 0.6 is 23.2 Å². The van der Waals surface area contributed by atoms with Gasteiger partial charge in [-0.1, -0.05) is 29.3 Å². The molecule has 1 aromatic carbocycles. The summed E-state index contributed by atoms with van der Waals surface area (Å²) in [7, 11) is 1.92. The summed E-state index contributed by atoms with van der Waals surface area (Å²) in [6.07, 6.45) is 3.41. The summed E-state index contributed by atoms with van der Waals surface area (Å²) in [6.45, 7) is 0. The van der Waals surface area contributed by atoms with Crippen molar-refractivity contribution in [2.24, 2.45) is 12.9 Å². The van der Waals surface area contributed by atoms with Gasteiger partial charge in [-0.2, -0.15) is 5.10 Å². The molecule has 0 aliphatic rings. The zero-order valence-corrected chi connectivity index (χ0v) is 12.1. The van der Waals surface area contributed by atoms with Gasteiger partial charge in [0, 0.05) is 40.6 Å². The molecule has 0 saturated carbocycles. The minimum atomic E-state index is -0.0869. The Morgan fingerprint density at radius 3 is 2.53 bits per heavy atom. The van der Waals surface area contributed by atoms with E-state index in [0.29, 0.717) is 10.0 Å². The molecule has 0 aliphatic heterocycles. The fourth-order valence-corrected chi connectivity index (χ4v) is 2.75. The number of nitrogens with zero attached hydrogens (tertiary/aromatic N) is 2. The van der Waals surface area contributed by atoms with Gasteiger partial charge in [-0.25, -0.2) is 0 Å². The first kappa shape index (κ1) is 14.3. The zero-order valence-electron chi connectivity index (χ0n) is 10.6. The highest BCUT2D eigenvalue weighted by Crippen LogP contribution is 2.32. The largest absolute Gasteiger partial charge is 0.273 e.